The van der Waals surface area contributed by atoms with Gasteiger partial charge >= 0.3 is 0 Å². The van der Waals surface area contributed by atoms with Crippen LogP contribution in [0.3, 0.4) is 0 Å². The summed E-state index contributed by atoms with van der Waals surface area (Å²) in [6.45, 7) is 0. The van der Waals surface area contributed by atoms with E-state index in [0.29, 0.717) is 0 Å². The van der Waals surface area contributed by atoms with Crippen LogP contribution in [0.1, 0.15) is 5.56 Å². The number of alkyl halides is 1. The number of halogens is 3. The summed E-state index contributed by atoms with van der Waals surface area (Å²) in [7, 11) is 0. The molecule has 0 aliphatic carbocycles. The molecule has 0 aromatic heterocycles. The minimum atomic E-state index is 0.830. The van der Waals surface area contributed by atoms with Gasteiger partial charge in [0.2, 0.25) is 0 Å². The van der Waals surface area contributed by atoms with Crippen molar-refractivity contribution in [3.8, 4) is 11.5 Å². The molecule has 0 amide bonds. The lowest BCUT2D eigenvalue weighted by atomic mass is 10.2. The fraction of sp³-hybridized carbons (Fsp3) is 0.0769. The van der Waals surface area contributed by atoms with E-state index in [9.17, 15) is 0 Å². The molecule has 0 bridgehead atoms. The molecule has 4 heteroatoms. The van der Waals surface area contributed by atoms with Crippen LogP contribution in [0.4, 0.5) is 0 Å². The first-order chi connectivity index (χ1) is 8.20. The van der Waals surface area contributed by atoms with E-state index in [1.54, 1.807) is 0 Å². The van der Waals surface area contributed by atoms with E-state index in [2.05, 4.69) is 54.5 Å². The van der Waals surface area contributed by atoms with Gasteiger partial charge in [0, 0.05) is 9.80 Å². The third-order valence-electron chi connectivity index (χ3n) is 2.23. The van der Waals surface area contributed by atoms with Crippen molar-refractivity contribution in [2.75, 3.05) is 0 Å². The summed E-state index contributed by atoms with van der Waals surface area (Å²) in [4.78, 5) is 0. The molecule has 0 N–H and O–H groups in total. The predicted octanol–water partition coefficient (Wildman–Crippen LogP) is 5.74. The largest absolute Gasteiger partial charge is 0.456 e. The Hall–Kier alpha value is -0.0700. The number of para-hydroxylation sites is 1. The molecule has 0 aliphatic rings. The van der Waals surface area contributed by atoms with Gasteiger partial charge in [0.05, 0.1) is 3.57 Å². The first-order valence-electron chi connectivity index (χ1n) is 4.97. The maximum Gasteiger partial charge on any atom is 0.140 e. The minimum absolute atomic E-state index is 0.830. The van der Waals surface area contributed by atoms with Crippen LogP contribution in [0.15, 0.2) is 46.9 Å². The molecule has 0 radical (unpaired) electrons. The molecule has 0 aliphatic heterocycles. The van der Waals surface area contributed by atoms with Gasteiger partial charge in [-0.3, -0.25) is 0 Å². The van der Waals surface area contributed by atoms with Gasteiger partial charge in [0.25, 0.3) is 0 Å². The zero-order chi connectivity index (χ0) is 12.3. The molecule has 0 unspecified atom stereocenters. The molecular weight excluding hydrogens is 459 g/mol. The molecule has 0 heterocycles. The van der Waals surface area contributed by atoms with Crippen LogP contribution in [0.25, 0.3) is 0 Å². The third-order valence-corrected chi connectivity index (χ3v) is 4.47. The summed E-state index contributed by atoms with van der Waals surface area (Å²) >= 11 is 9.23. The maximum absolute atomic E-state index is 5.84. The molecule has 0 spiro atoms. The molecule has 2 aromatic carbocycles. The van der Waals surface area contributed by atoms with Crippen molar-refractivity contribution < 1.29 is 4.74 Å². The molecule has 17 heavy (non-hydrogen) atoms. The highest BCUT2D eigenvalue weighted by Crippen LogP contribution is 2.30. The topological polar surface area (TPSA) is 9.23 Å². The third kappa shape index (κ3) is 3.45. The highest BCUT2D eigenvalue weighted by atomic mass is 127. The van der Waals surface area contributed by atoms with E-state index in [-0.39, 0.29) is 0 Å². The fourth-order valence-electron chi connectivity index (χ4n) is 1.35. The van der Waals surface area contributed by atoms with Crippen molar-refractivity contribution in [1.82, 2.24) is 0 Å². The average molecular weight is 468 g/mol. The standard InChI is InChI=1S/C13H9Br2IO/c14-8-9-5-6-10(7-11(9)15)17-13-4-2-1-3-12(13)16/h1-7H,8H2. The SMILES string of the molecule is BrCc1ccc(Oc2ccccc2I)cc1Br. The molecule has 0 saturated carbocycles. The van der Waals surface area contributed by atoms with Crippen molar-refractivity contribution in [3.63, 3.8) is 0 Å². The van der Waals surface area contributed by atoms with E-state index in [1.807, 2.05) is 42.5 Å². The fourth-order valence-corrected chi connectivity index (χ4v) is 3.22. The molecule has 2 rings (SSSR count). The van der Waals surface area contributed by atoms with Crippen LogP contribution in [-0.2, 0) is 5.33 Å². The number of ether oxygens (including phenoxy) is 1. The van der Waals surface area contributed by atoms with Gasteiger partial charge in [0.1, 0.15) is 11.5 Å². The summed E-state index contributed by atoms with van der Waals surface area (Å²) < 4.78 is 7.99. The van der Waals surface area contributed by atoms with Crippen molar-refractivity contribution in [1.29, 1.82) is 0 Å². The number of benzene rings is 2. The Morgan fingerprint density at radius 1 is 1.12 bits per heavy atom. The summed E-state index contributed by atoms with van der Waals surface area (Å²) in [6, 6.07) is 14.0. The minimum Gasteiger partial charge on any atom is -0.456 e. The Morgan fingerprint density at radius 3 is 2.53 bits per heavy atom. The number of rotatable bonds is 3. The van der Waals surface area contributed by atoms with E-state index >= 15 is 0 Å². The average Bonchev–Trinajstić information content (AvgIpc) is 2.32. The Kier molecular flexibility index (Phi) is 4.87. The highest BCUT2D eigenvalue weighted by Gasteiger charge is 2.04. The van der Waals surface area contributed by atoms with Gasteiger partial charge in [-0.25, -0.2) is 0 Å². The normalized spacial score (nSPS) is 10.3. The Balaban J connectivity index is 2.25. The van der Waals surface area contributed by atoms with E-state index < -0.39 is 0 Å². The lowest BCUT2D eigenvalue weighted by molar-refractivity contribution is 0.479. The smallest absolute Gasteiger partial charge is 0.140 e. The Labute approximate surface area is 131 Å². The van der Waals surface area contributed by atoms with Crippen molar-refractivity contribution in [3.05, 3.63) is 56.1 Å². The lowest BCUT2D eigenvalue weighted by Crippen LogP contribution is -1.88. The summed E-state index contributed by atoms with van der Waals surface area (Å²) in [5.74, 6) is 1.72. The van der Waals surface area contributed by atoms with Crippen LogP contribution in [0.2, 0.25) is 0 Å². The maximum atomic E-state index is 5.84. The molecule has 0 saturated heterocycles. The Bertz CT molecular complexity index is 529. The number of hydrogen-bond acceptors (Lipinski definition) is 1. The first kappa shape index (κ1) is 13.4. The van der Waals surface area contributed by atoms with Crippen LogP contribution in [0, 0.1) is 3.57 Å². The molecule has 2 aromatic rings. The second-order valence-electron chi connectivity index (χ2n) is 3.42. The molecule has 88 valence electrons. The first-order valence-corrected chi connectivity index (χ1v) is 7.97. The number of hydrogen-bond donors (Lipinski definition) is 0. The van der Waals surface area contributed by atoms with Gasteiger partial charge in [-0.15, -0.1) is 0 Å². The van der Waals surface area contributed by atoms with Gasteiger partial charge in [-0.05, 0) is 52.4 Å². The molecule has 1 nitrogen and oxygen atoms in total. The highest BCUT2D eigenvalue weighted by molar-refractivity contribution is 14.1. The molecular formula is C13H9Br2IO. The van der Waals surface area contributed by atoms with E-state index in [1.165, 1.54) is 5.56 Å². The van der Waals surface area contributed by atoms with Gasteiger partial charge in [-0.1, -0.05) is 50.1 Å². The van der Waals surface area contributed by atoms with Crippen LogP contribution in [-0.4, -0.2) is 0 Å². The summed E-state index contributed by atoms with van der Waals surface area (Å²) in [5, 5.41) is 0.830. The van der Waals surface area contributed by atoms with Crippen LogP contribution < -0.4 is 4.74 Å². The summed E-state index contributed by atoms with van der Waals surface area (Å²) in [5.41, 5.74) is 1.21. The molecule has 0 atom stereocenters. The second-order valence-corrected chi connectivity index (χ2v) is 6.00. The van der Waals surface area contributed by atoms with Crippen molar-refractivity contribution in [2.45, 2.75) is 5.33 Å². The van der Waals surface area contributed by atoms with Gasteiger partial charge in [0.15, 0.2) is 0 Å². The van der Waals surface area contributed by atoms with Crippen LogP contribution in [0.5, 0.6) is 11.5 Å². The summed E-state index contributed by atoms with van der Waals surface area (Å²) in [6.07, 6.45) is 0. The lowest BCUT2D eigenvalue weighted by Gasteiger charge is -2.09. The monoisotopic (exact) mass is 466 g/mol. The van der Waals surface area contributed by atoms with E-state index in [4.69, 9.17) is 4.74 Å². The van der Waals surface area contributed by atoms with Crippen molar-refractivity contribution >= 4 is 54.5 Å². The van der Waals surface area contributed by atoms with E-state index in [0.717, 1.165) is 24.9 Å². The van der Waals surface area contributed by atoms with Crippen molar-refractivity contribution in [2.24, 2.45) is 0 Å². The second kappa shape index (κ2) is 6.20. The quantitative estimate of drug-likeness (QED) is 0.413. The van der Waals surface area contributed by atoms with Crippen LogP contribution >= 0.6 is 54.5 Å². The van der Waals surface area contributed by atoms with Gasteiger partial charge < -0.3 is 4.74 Å². The Morgan fingerprint density at radius 2 is 1.88 bits per heavy atom. The van der Waals surface area contributed by atoms with Gasteiger partial charge in [-0.2, -0.15) is 0 Å². The zero-order valence-corrected chi connectivity index (χ0v) is 14.1. The predicted molar refractivity (Wildman–Crippen MR) is 86.0 cm³/mol. The molecule has 0 fully saturated rings. The zero-order valence-electron chi connectivity index (χ0n) is 8.79.